The minimum absolute atomic E-state index is 0.0582. The van der Waals surface area contributed by atoms with Crippen molar-refractivity contribution in [3.05, 3.63) is 18.2 Å². The molecule has 132 valence electrons. The predicted octanol–water partition coefficient (Wildman–Crippen LogP) is 1.17. The number of ether oxygens (including phenoxy) is 2. The van der Waals surface area contributed by atoms with Gasteiger partial charge in [-0.25, -0.2) is 8.42 Å². The Morgan fingerprint density at radius 1 is 1.25 bits per heavy atom. The van der Waals surface area contributed by atoms with Crippen LogP contribution in [-0.2, 0) is 14.8 Å². The third-order valence-corrected chi connectivity index (χ3v) is 6.40. The maximum atomic E-state index is 12.7. The molecule has 1 aromatic rings. The fourth-order valence-electron chi connectivity index (χ4n) is 2.85. The van der Waals surface area contributed by atoms with Gasteiger partial charge in [0.05, 0.1) is 4.90 Å². The van der Waals surface area contributed by atoms with Crippen LogP contribution >= 0.6 is 11.6 Å². The van der Waals surface area contributed by atoms with Crippen LogP contribution < -0.4 is 14.8 Å². The monoisotopic (exact) mass is 374 g/mol. The number of rotatable bonds is 5. The molecule has 2 aliphatic rings. The van der Waals surface area contributed by atoms with Crippen LogP contribution in [0.15, 0.2) is 23.1 Å². The Morgan fingerprint density at radius 3 is 2.67 bits per heavy atom. The van der Waals surface area contributed by atoms with E-state index < -0.39 is 10.0 Å². The highest BCUT2D eigenvalue weighted by Crippen LogP contribution is 2.35. The van der Waals surface area contributed by atoms with E-state index in [-0.39, 0.29) is 29.4 Å². The van der Waals surface area contributed by atoms with Crippen LogP contribution in [0.3, 0.4) is 0 Å². The molecule has 2 aliphatic heterocycles. The number of benzene rings is 1. The summed E-state index contributed by atoms with van der Waals surface area (Å²) in [5, 5.41) is 2.75. The second kappa shape index (κ2) is 7.16. The number of carbonyl (C=O) groups excluding carboxylic acids is 1. The zero-order valence-corrected chi connectivity index (χ0v) is 14.6. The van der Waals surface area contributed by atoms with E-state index in [0.717, 1.165) is 0 Å². The summed E-state index contributed by atoms with van der Waals surface area (Å²) in [7, 11) is -3.55. The van der Waals surface area contributed by atoms with Crippen molar-refractivity contribution >= 4 is 27.5 Å². The topological polar surface area (TPSA) is 84.9 Å². The molecule has 0 unspecified atom stereocenters. The number of alkyl halides is 1. The molecule has 0 atom stereocenters. The number of halogens is 1. The number of fused-ring (bicyclic) bond motifs is 1. The van der Waals surface area contributed by atoms with Gasteiger partial charge in [0.1, 0.15) is 5.88 Å². The second-order valence-corrected chi connectivity index (χ2v) is 8.01. The van der Waals surface area contributed by atoms with Crippen molar-refractivity contribution in [3.63, 3.8) is 0 Å². The molecule has 1 fully saturated rings. The average molecular weight is 375 g/mol. The van der Waals surface area contributed by atoms with E-state index in [1.807, 2.05) is 0 Å². The summed E-state index contributed by atoms with van der Waals surface area (Å²) in [6.45, 7) is 1.50. The van der Waals surface area contributed by atoms with Crippen molar-refractivity contribution in [2.24, 2.45) is 5.92 Å². The van der Waals surface area contributed by atoms with E-state index in [0.29, 0.717) is 44.0 Å². The van der Waals surface area contributed by atoms with Gasteiger partial charge in [-0.2, -0.15) is 4.31 Å². The number of piperidine rings is 1. The molecule has 24 heavy (non-hydrogen) atoms. The number of sulfonamides is 1. The van der Waals surface area contributed by atoms with Gasteiger partial charge in [-0.15, -0.1) is 11.6 Å². The number of hydrogen-bond donors (Lipinski definition) is 1. The van der Waals surface area contributed by atoms with Gasteiger partial charge in [0.2, 0.25) is 22.7 Å². The molecule has 7 nitrogen and oxygen atoms in total. The Bertz CT molecular complexity index is 717. The highest BCUT2D eigenvalue weighted by Gasteiger charge is 2.30. The van der Waals surface area contributed by atoms with E-state index >= 15 is 0 Å². The Kier molecular flexibility index (Phi) is 5.17. The van der Waals surface area contributed by atoms with Gasteiger partial charge in [0, 0.05) is 25.7 Å². The quantitative estimate of drug-likeness (QED) is 0.782. The number of carbonyl (C=O) groups is 1. The third-order valence-electron chi connectivity index (χ3n) is 4.26. The van der Waals surface area contributed by atoms with Gasteiger partial charge in [-0.3, -0.25) is 4.79 Å². The highest BCUT2D eigenvalue weighted by molar-refractivity contribution is 7.89. The summed E-state index contributed by atoms with van der Waals surface area (Å²) in [5.74, 6) is 1.02. The first-order valence-corrected chi connectivity index (χ1v) is 9.70. The molecule has 0 spiro atoms. The first-order valence-electron chi connectivity index (χ1n) is 7.73. The molecule has 9 heteroatoms. The Morgan fingerprint density at radius 2 is 1.96 bits per heavy atom. The summed E-state index contributed by atoms with van der Waals surface area (Å²) in [4.78, 5) is 11.4. The molecule has 1 amide bonds. The zero-order valence-electron chi connectivity index (χ0n) is 13.0. The van der Waals surface area contributed by atoms with Crippen LogP contribution in [0.4, 0.5) is 0 Å². The van der Waals surface area contributed by atoms with Crippen molar-refractivity contribution in [1.29, 1.82) is 0 Å². The standard InChI is InChI=1S/C15H19ClN2O5S/c16-8-15(19)17-9-11-3-5-18(6-4-11)24(20,21)12-1-2-13-14(7-12)23-10-22-13/h1-2,7,11H,3-6,8-10H2,(H,17,19). The van der Waals surface area contributed by atoms with Crippen molar-refractivity contribution in [1.82, 2.24) is 9.62 Å². The molecule has 1 N–H and O–H groups in total. The molecular formula is C15H19ClN2O5S. The van der Waals surface area contributed by atoms with E-state index in [1.165, 1.54) is 16.4 Å². The van der Waals surface area contributed by atoms with Crippen molar-refractivity contribution < 1.29 is 22.7 Å². The van der Waals surface area contributed by atoms with E-state index in [4.69, 9.17) is 21.1 Å². The van der Waals surface area contributed by atoms with Gasteiger partial charge < -0.3 is 14.8 Å². The van der Waals surface area contributed by atoms with Gasteiger partial charge in [-0.05, 0) is 30.9 Å². The SMILES string of the molecule is O=C(CCl)NCC1CCN(S(=O)(=O)c2ccc3c(c2)OCO3)CC1. The normalized spacial score (nSPS) is 18.5. The van der Waals surface area contributed by atoms with Crippen LogP contribution in [0.1, 0.15) is 12.8 Å². The van der Waals surface area contributed by atoms with Gasteiger partial charge in [0.15, 0.2) is 11.5 Å². The first kappa shape index (κ1) is 17.3. The lowest BCUT2D eigenvalue weighted by molar-refractivity contribution is -0.118. The first-order chi connectivity index (χ1) is 11.5. The molecule has 1 saturated heterocycles. The van der Waals surface area contributed by atoms with E-state index in [9.17, 15) is 13.2 Å². The molecular weight excluding hydrogens is 356 g/mol. The lowest BCUT2D eigenvalue weighted by Gasteiger charge is -2.31. The fourth-order valence-corrected chi connectivity index (χ4v) is 4.43. The van der Waals surface area contributed by atoms with Crippen LogP contribution in [0.5, 0.6) is 11.5 Å². The van der Waals surface area contributed by atoms with Crippen molar-refractivity contribution in [3.8, 4) is 11.5 Å². The summed E-state index contributed by atoms with van der Waals surface area (Å²) in [5.41, 5.74) is 0. The third kappa shape index (κ3) is 3.60. The molecule has 0 bridgehead atoms. The molecule has 0 aliphatic carbocycles. The number of nitrogens with one attached hydrogen (secondary N) is 1. The van der Waals surface area contributed by atoms with E-state index in [1.54, 1.807) is 6.07 Å². The van der Waals surface area contributed by atoms with Crippen molar-refractivity contribution in [2.45, 2.75) is 17.7 Å². The molecule has 0 aromatic heterocycles. The molecule has 0 radical (unpaired) electrons. The minimum Gasteiger partial charge on any atom is -0.454 e. The highest BCUT2D eigenvalue weighted by atomic mass is 35.5. The second-order valence-electron chi connectivity index (χ2n) is 5.80. The number of amides is 1. The number of nitrogens with zero attached hydrogens (tertiary/aromatic N) is 1. The number of hydrogen-bond acceptors (Lipinski definition) is 5. The minimum atomic E-state index is -3.55. The summed E-state index contributed by atoms with van der Waals surface area (Å²) < 4.78 is 37.4. The summed E-state index contributed by atoms with van der Waals surface area (Å²) in [6, 6.07) is 4.66. The fraction of sp³-hybridized carbons (Fsp3) is 0.533. The van der Waals surface area contributed by atoms with Gasteiger partial charge in [-0.1, -0.05) is 0 Å². The van der Waals surface area contributed by atoms with E-state index in [2.05, 4.69) is 5.32 Å². The Labute approximate surface area is 145 Å². The Hall–Kier alpha value is -1.51. The van der Waals surface area contributed by atoms with Crippen molar-refractivity contribution in [2.75, 3.05) is 32.3 Å². The van der Waals surface area contributed by atoms with Gasteiger partial charge in [0.25, 0.3) is 0 Å². The molecule has 3 rings (SSSR count). The lowest BCUT2D eigenvalue weighted by atomic mass is 9.98. The molecule has 1 aromatic carbocycles. The van der Waals surface area contributed by atoms with Crippen LogP contribution in [0.25, 0.3) is 0 Å². The Balaban J connectivity index is 1.62. The average Bonchev–Trinajstić information content (AvgIpc) is 3.07. The maximum Gasteiger partial charge on any atom is 0.243 e. The summed E-state index contributed by atoms with van der Waals surface area (Å²) >= 11 is 5.44. The molecule has 0 saturated carbocycles. The van der Waals surface area contributed by atoms with Crippen LogP contribution in [-0.4, -0.2) is 50.9 Å². The van der Waals surface area contributed by atoms with Crippen LogP contribution in [0, 0.1) is 5.92 Å². The van der Waals surface area contributed by atoms with Gasteiger partial charge >= 0.3 is 0 Å². The maximum absolute atomic E-state index is 12.7. The van der Waals surface area contributed by atoms with Crippen LogP contribution in [0.2, 0.25) is 0 Å². The molecule has 2 heterocycles. The summed E-state index contributed by atoms with van der Waals surface area (Å²) in [6.07, 6.45) is 1.40. The largest absolute Gasteiger partial charge is 0.454 e. The smallest absolute Gasteiger partial charge is 0.243 e. The predicted molar refractivity (Wildman–Crippen MR) is 87.8 cm³/mol. The lowest BCUT2D eigenvalue weighted by Crippen LogP contribution is -2.41. The zero-order chi connectivity index (χ0) is 17.2.